The number of amides is 1. The van der Waals surface area contributed by atoms with Crippen LogP contribution < -0.4 is 0 Å². The van der Waals surface area contributed by atoms with Gasteiger partial charge >= 0.3 is 0 Å². The molecule has 0 bridgehead atoms. The number of ether oxygens (including phenoxy) is 1. The number of aromatic nitrogens is 1. The fourth-order valence-electron chi connectivity index (χ4n) is 4.50. The monoisotopic (exact) mass is 329 g/mol. The van der Waals surface area contributed by atoms with Gasteiger partial charge in [0.1, 0.15) is 6.61 Å². The first-order valence-electron chi connectivity index (χ1n) is 9.32. The molecule has 1 aliphatic carbocycles. The number of hydrogen-bond acceptors (Lipinski definition) is 4. The van der Waals surface area contributed by atoms with Crippen LogP contribution in [-0.4, -0.2) is 59.1 Å². The smallest absolute Gasteiger partial charge is 0.248 e. The third kappa shape index (κ3) is 3.47. The van der Waals surface area contributed by atoms with Gasteiger partial charge in [0.05, 0.1) is 12.1 Å². The number of morpholine rings is 1. The fourth-order valence-corrected chi connectivity index (χ4v) is 4.50. The molecule has 1 amide bonds. The molecule has 0 N–H and O–H groups in total. The lowest BCUT2D eigenvalue weighted by molar-refractivity contribution is -0.154. The summed E-state index contributed by atoms with van der Waals surface area (Å²) in [6.45, 7) is 3.95. The summed E-state index contributed by atoms with van der Waals surface area (Å²) < 4.78 is 5.86. The molecule has 3 fully saturated rings. The summed E-state index contributed by atoms with van der Waals surface area (Å²) in [5, 5.41) is 0. The molecule has 0 unspecified atom stereocenters. The number of fused-ring (bicyclic) bond motifs is 1. The van der Waals surface area contributed by atoms with Gasteiger partial charge in [-0.2, -0.15) is 0 Å². The van der Waals surface area contributed by atoms with Crippen LogP contribution in [0.1, 0.15) is 37.7 Å². The Kier molecular flexibility index (Phi) is 4.81. The molecule has 5 nitrogen and oxygen atoms in total. The lowest BCUT2D eigenvalue weighted by Crippen LogP contribution is -2.55. The minimum Gasteiger partial charge on any atom is -0.365 e. The van der Waals surface area contributed by atoms with Gasteiger partial charge in [0.25, 0.3) is 0 Å². The van der Waals surface area contributed by atoms with E-state index in [0.717, 1.165) is 26.2 Å². The number of nitrogens with zero attached hydrogens (tertiary/aromatic N) is 3. The molecule has 0 radical (unpaired) electrons. The van der Waals surface area contributed by atoms with E-state index < -0.39 is 0 Å². The lowest BCUT2D eigenvalue weighted by atomic mass is 9.88. The van der Waals surface area contributed by atoms with E-state index in [4.69, 9.17) is 4.74 Å². The van der Waals surface area contributed by atoms with Crippen molar-refractivity contribution in [3.05, 3.63) is 30.1 Å². The topological polar surface area (TPSA) is 45.7 Å². The first-order chi connectivity index (χ1) is 11.8. The minimum atomic E-state index is 0.174. The number of pyridine rings is 1. The average molecular weight is 329 g/mol. The maximum Gasteiger partial charge on any atom is 0.248 e. The van der Waals surface area contributed by atoms with Crippen LogP contribution >= 0.6 is 0 Å². The van der Waals surface area contributed by atoms with Gasteiger partial charge in [-0.05, 0) is 36.5 Å². The summed E-state index contributed by atoms with van der Waals surface area (Å²) in [5.41, 5.74) is 1.27. The van der Waals surface area contributed by atoms with E-state index in [-0.39, 0.29) is 24.7 Å². The Bertz CT molecular complexity index is 559. The van der Waals surface area contributed by atoms with Crippen molar-refractivity contribution in [1.82, 2.24) is 14.8 Å². The van der Waals surface area contributed by atoms with Gasteiger partial charge in [-0.1, -0.05) is 19.3 Å². The second kappa shape index (κ2) is 7.19. The highest BCUT2D eigenvalue weighted by molar-refractivity contribution is 5.78. The zero-order chi connectivity index (χ0) is 16.4. The molecule has 0 spiro atoms. The second-order valence-electron chi connectivity index (χ2n) is 7.52. The van der Waals surface area contributed by atoms with Crippen molar-refractivity contribution in [2.24, 2.45) is 5.92 Å². The van der Waals surface area contributed by atoms with E-state index in [2.05, 4.69) is 26.9 Å². The molecule has 4 rings (SSSR count). The van der Waals surface area contributed by atoms with Crippen LogP contribution in [-0.2, 0) is 16.1 Å². The third-order valence-electron chi connectivity index (χ3n) is 5.79. The molecule has 1 saturated carbocycles. The Morgan fingerprint density at radius 1 is 1.12 bits per heavy atom. The van der Waals surface area contributed by atoms with Crippen LogP contribution in [0.5, 0.6) is 0 Å². The minimum absolute atomic E-state index is 0.174. The largest absolute Gasteiger partial charge is 0.365 e. The van der Waals surface area contributed by atoms with E-state index in [9.17, 15) is 4.79 Å². The Morgan fingerprint density at radius 2 is 1.92 bits per heavy atom. The molecule has 2 atom stereocenters. The Balaban J connectivity index is 1.41. The van der Waals surface area contributed by atoms with Crippen molar-refractivity contribution < 1.29 is 9.53 Å². The number of rotatable bonds is 4. The molecule has 1 aromatic rings. The second-order valence-corrected chi connectivity index (χ2v) is 7.52. The molecular formula is C19H27N3O2. The summed E-state index contributed by atoms with van der Waals surface area (Å²) in [4.78, 5) is 21.1. The summed E-state index contributed by atoms with van der Waals surface area (Å²) in [6, 6.07) is 4.36. The summed E-state index contributed by atoms with van der Waals surface area (Å²) in [7, 11) is 0. The normalized spacial score (nSPS) is 29.0. The van der Waals surface area contributed by atoms with Crippen molar-refractivity contribution in [1.29, 1.82) is 0 Å². The van der Waals surface area contributed by atoms with Crippen LogP contribution in [0.15, 0.2) is 24.5 Å². The average Bonchev–Trinajstić information content (AvgIpc) is 3.02. The van der Waals surface area contributed by atoms with E-state index in [1.54, 1.807) is 0 Å². The van der Waals surface area contributed by atoms with Crippen molar-refractivity contribution >= 4 is 5.91 Å². The van der Waals surface area contributed by atoms with Gasteiger partial charge in [-0.3, -0.25) is 14.7 Å². The molecule has 130 valence electrons. The van der Waals surface area contributed by atoms with E-state index in [1.165, 1.54) is 37.7 Å². The van der Waals surface area contributed by atoms with Gasteiger partial charge in [0.15, 0.2) is 0 Å². The standard InChI is InChI=1S/C19H27N3O2/c23-19-14-24-18-13-21(10-16-6-8-20-9-7-16)12-17(18)22(19)11-15-4-2-1-3-5-15/h6-9,15,17-18H,1-5,10-14H2/t17-,18+/m1/s1. The van der Waals surface area contributed by atoms with Crippen molar-refractivity contribution in [3.63, 3.8) is 0 Å². The quantitative estimate of drug-likeness (QED) is 0.848. The Hall–Kier alpha value is -1.46. The first-order valence-corrected chi connectivity index (χ1v) is 9.32. The van der Waals surface area contributed by atoms with Crippen molar-refractivity contribution in [2.75, 3.05) is 26.2 Å². The van der Waals surface area contributed by atoms with E-state index in [0.29, 0.717) is 5.92 Å². The van der Waals surface area contributed by atoms with Crippen LogP contribution in [0.3, 0.4) is 0 Å². The summed E-state index contributed by atoms with van der Waals surface area (Å²) >= 11 is 0. The Labute approximate surface area is 144 Å². The molecule has 5 heteroatoms. The van der Waals surface area contributed by atoms with E-state index >= 15 is 0 Å². The van der Waals surface area contributed by atoms with Gasteiger partial charge in [-0.15, -0.1) is 0 Å². The third-order valence-corrected chi connectivity index (χ3v) is 5.79. The lowest BCUT2D eigenvalue weighted by Gasteiger charge is -2.39. The predicted octanol–water partition coefficient (Wildman–Crippen LogP) is 2.07. The van der Waals surface area contributed by atoms with Crippen LogP contribution in [0.2, 0.25) is 0 Å². The first kappa shape index (κ1) is 16.0. The molecule has 1 aromatic heterocycles. The molecule has 3 aliphatic rings. The summed E-state index contributed by atoms with van der Waals surface area (Å²) in [5.74, 6) is 0.878. The molecule has 3 heterocycles. The van der Waals surface area contributed by atoms with Crippen molar-refractivity contribution in [2.45, 2.75) is 50.8 Å². The summed E-state index contributed by atoms with van der Waals surface area (Å²) in [6.07, 6.45) is 10.4. The van der Waals surface area contributed by atoms with Crippen molar-refractivity contribution in [3.8, 4) is 0 Å². The van der Waals surface area contributed by atoms with Crippen LogP contribution in [0.4, 0.5) is 0 Å². The number of hydrogen-bond donors (Lipinski definition) is 0. The SMILES string of the molecule is O=C1CO[C@H]2CN(Cc3ccncc3)C[C@H]2N1CC1CCCCC1. The number of likely N-dealkylation sites (tertiary alicyclic amines) is 1. The van der Waals surface area contributed by atoms with Gasteiger partial charge in [0, 0.05) is 38.6 Å². The van der Waals surface area contributed by atoms with Crippen LogP contribution in [0, 0.1) is 5.92 Å². The molecule has 2 aliphatic heterocycles. The maximum absolute atomic E-state index is 12.4. The zero-order valence-electron chi connectivity index (χ0n) is 14.3. The highest BCUT2D eigenvalue weighted by atomic mass is 16.5. The van der Waals surface area contributed by atoms with E-state index in [1.807, 2.05) is 12.4 Å². The van der Waals surface area contributed by atoms with Gasteiger partial charge in [-0.25, -0.2) is 0 Å². The maximum atomic E-state index is 12.4. The Morgan fingerprint density at radius 3 is 2.71 bits per heavy atom. The van der Waals surface area contributed by atoms with Gasteiger partial charge < -0.3 is 9.64 Å². The highest BCUT2D eigenvalue weighted by Crippen LogP contribution is 2.29. The number of carbonyl (C=O) groups is 1. The van der Waals surface area contributed by atoms with Crippen LogP contribution in [0.25, 0.3) is 0 Å². The highest BCUT2D eigenvalue weighted by Gasteiger charge is 2.43. The molecule has 24 heavy (non-hydrogen) atoms. The molecule has 0 aromatic carbocycles. The molecule has 2 saturated heterocycles. The zero-order valence-corrected chi connectivity index (χ0v) is 14.3. The predicted molar refractivity (Wildman–Crippen MR) is 91.3 cm³/mol. The fraction of sp³-hybridized carbons (Fsp3) is 0.684. The molecular weight excluding hydrogens is 302 g/mol. The number of carbonyl (C=O) groups excluding carboxylic acids is 1. The van der Waals surface area contributed by atoms with Gasteiger partial charge in [0.2, 0.25) is 5.91 Å².